The van der Waals surface area contributed by atoms with E-state index in [1.165, 1.54) is 6.92 Å². The van der Waals surface area contributed by atoms with Gasteiger partial charge in [0, 0.05) is 23.7 Å². The molecule has 2 aromatic carbocycles. The Balaban J connectivity index is 1.76. The lowest BCUT2D eigenvalue weighted by Gasteiger charge is -2.05. The summed E-state index contributed by atoms with van der Waals surface area (Å²) < 4.78 is 5.59. The van der Waals surface area contributed by atoms with Crippen LogP contribution in [0.2, 0.25) is 0 Å². The molecular weight excluding hydrogens is 292 g/mol. The third kappa shape index (κ3) is 3.40. The number of carbonyl (C=O) groups is 2. The van der Waals surface area contributed by atoms with Crippen LogP contribution in [0.25, 0.3) is 11.0 Å². The summed E-state index contributed by atoms with van der Waals surface area (Å²) in [6.07, 6.45) is 0. The van der Waals surface area contributed by atoms with Crippen molar-refractivity contribution in [2.75, 3.05) is 10.6 Å². The van der Waals surface area contributed by atoms with Gasteiger partial charge in [-0.25, -0.2) is 0 Å². The molecule has 5 heteroatoms. The van der Waals surface area contributed by atoms with Gasteiger partial charge in [-0.1, -0.05) is 12.1 Å². The first-order valence-electron chi connectivity index (χ1n) is 7.20. The number of nitrogens with one attached hydrogen (secondary N) is 2. The van der Waals surface area contributed by atoms with Gasteiger partial charge in [-0.05, 0) is 48.9 Å². The molecule has 5 nitrogen and oxygen atoms in total. The number of amides is 2. The molecule has 0 fully saturated rings. The summed E-state index contributed by atoms with van der Waals surface area (Å²) in [5, 5.41) is 6.33. The van der Waals surface area contributed by atoms with E-state index in [-0.39, 0.29) is 17.6 Å². The molecule has 0 spiro atoms. The van der Waals surface area contributed by atoms with Crippen LogP contribution in [0.15, 0.2) is 52.9 Å². The van der Waals surface area contributed by atoms with Gasteiger partial charge in [0.05, 0.1) is 0 Å². The fourth-order valence-corrected chi connectivity index (χ4v) is 2.28. The highest BCUT2D eigenvalue weighted by atomic mass is 16.3. The summed E-state index contributed by atoms with van der Waals surface area (Å²) in [7, 11) is 0. The highest BCUT2D eigenvalue weighted by Gasteiger charge is 2.12. The lowest BCUT2D eigenvalue weighted by Crippen LogP contribution is -2.11. The molecule has 2 amide bonds. The minimum atomic E-state index is -0.314. The van der Waals surface area contributed by atoms with E-state index in [0.29, 0.717) is 17.0 Å². The molecule has 0 atom stereocenters. The number of fused-ring (bicyclic) bond motifs is 1. The van der Waals surface area contributed by atoms with Crippen molar-refractivity contribution in [3.8, 4) is 0 Å². The van der Waals surface area contributed by atoms with E-state index < -0.39 is 0 Å². The lowest BCUT2D eigenvalue weighted by molar-refractivity contribution is -0.114. The van der Waals surface area contributed by atoms with Crippen LogP contribution in [0.3, 0.4) is 0 Å². The predicted molar refractivity (Wildman–Crippen MR) is 89.6 cm³/mol. The van der Waals surface area contributed by atoms with Crippen molar-refractivity contribution in [1.82, 2.24) is 0 Å². The molecule has 0 bridgehead atoms. The fourth-order valence-electron chi connectivity index (χ4n) is 2.28. The molecule has 1 heterocycles. The molecule has 23 heavy (non-hydrogen) atoms. The van der Waals surface area contributed by atoms with Gasteiger partial charge >= 0.3 is 0 Å². The number of carbonyl (C=O) groups excluding carboxylic acids is 2. The molecule has 0 aliphatic rings. The Morgan fingerprint density at radius 3 is 2.22 bits per heavy atom. The summed E-state index contributed by atoms with van der Waals surface area (Å²) in [5.74, 6) is -0.193. The van der Waals surface area contributed by atoms with Crippen molar-refractivity contribution in [1.29, 1.82) is 0 Å². The van der Waals surface area contributed by atoms with Gasteiger partial charge in [0.25, 0.3) is 5.91 Å². The van der Waals surface area contributed by atoms with Crippen LogP contribution in [-0.4, -0.2) is 11.8 Å². The fraction of sp³-hybridized carbons (Fsp3) is 0.111. The number of aryl methyl sites for hydroxylation is 1. The number of anilines is 2. The van der Waals surface area contributed by atoms with Crippen molar-refractivity contribution in [3.63, 3.8) is 0 Å². The molecular formula is C18H16N2O3. The second kappa shape index (κ2) is 5.96. The zero-order valence-electron chi connectivity index (χ0n) is 12.8. The van der Waals surface area contributed by atoms with Crippen LogP contribution in [0.5, 0.6) is 0 Å². The van der Waals surface area contributed by atoms with Crippen molar-refractivity contribution in [2.24, 2.45) is 0 Å². The van der Waals surface area contributed by atoms with E-state index in [0.717, 1.165) is 10.9 Å². The molecule has 0 aliphatic carbocycles. The van der Waals surface area contributed by atoms with Crippen molar-refractivity contribution >= 4 is 34.2 Å². The lowest BCUT2D eigenvalue weighted by atomic mass is 10.2. The van der Waals surface area contributed by atoms with Crippen LogP contribution < -0.4 is 10.6 Å². The first-order chi connectivity index (χ1) is 11.0. The summed E-state index contributed by atoms with van der Waals surface area (Å²) in [4.78, 5) is 23.2. The highest BCUT2D eigenvalue weighted by molar-refractivity contribution is 6.04. The van der Waals surface area contributed by atoms with Gasteiger partial charge in [0.2, 0.25) is 5.91 Å². The largest absolute Gasteiger partial charge is 0.451 e. The highest BCUT2D eigenvalue weighted by Crippen LogP contribution is 2.22. The number of hydrogen-bond acceptors (Lipinski definition) is 3. The van der Waals surface area contributed by atoms with E-state index in [9.17, 15) is 9.59 Å². The smallest absolute Gasteiger partial charge is 0.291 e. The van der Waals surface area contributed by atoms with Gasteiger partial charge < -0.3 is 15.1 Å². The Hall–Kier alpha value is -3.08. The minimum Gasteiger partial charge on any atom is -0.451 e. The van der Waals surface area contributed by atoms with Crippen LogP contribution in [0.1, 0.15) is 23.0 Å². The zero-order valence-corrected chi connectivity index (χ0v) is 12.8. The summed E-state index contributed by atoms with van der Waals surface area (Å²) in [6.45, 7) is 3.41. The molecule has 0 aliphatic heterocycles. The van der Waals surface area contributed by atoms with Gasteiger partial charge in [-0.3, -0.25) is 9.59 Å². The monoisotopic (exact) mass is 308 g/mol. The molecule has 2 N–H and O–H groups in total. The number of hydrogen-bond donors (Lipinski definition) is 2. The molecule has 0 saturated heterocycles. The van der Waals surface area contributed by atoms with E-state index in [4.69, 9.17) is 4.42 Å². The molecule has 3 aromatic rings. The van der Waals surface area contributed by atoms with E-state index in [1.54, 1.807) is 30.3 Å². The first kappa shape index (κ1) is 14.8. The normalized spacial score (nSPS) is 10.5. The van der Waals surface area contributed by atoms with Gasteiger partial charge in [0.1, 0.15) is 5.58 Å². The van der Waals surface area contributed by atoms with E-state index in [1.807, 2.05) is 25.1 Å². The SMILES string of the molecule is CC(=O)Nc1ccc(NC(=O)c2cc3ccc(C)cc3o2)cc1. The Kier molecular flexibility index (Phi) is 3.85. The van der Waals surface area contributed by atoms with Gasteiger partial charge in [-0.2, -0.15) is 0 Å². The van der Waals surface area contributed by atoms with Crippen LogP contribution in [-0.2, 0) is 4.79 Å². The molecule has 0 radical (unpaired) electrons. The van der Waals surface area contributed by atoms with Crippen molar-refractivity contribution in [3.05, 3.63) is 59.9 Å². The van der Waals surface area contributed by atoms with Crippen LogP contribution in [0.4, 0.5) is 11.4 Å². The Labute approximate surface area is 133 Å². The number of rotatable bonds is 3. The van der Waals surface area contributed by atoms with Crippen LogP contribution in [0, 0.1) is 6.92 Å². The Bertz CT molecular complexity index is 879. The number of benzene rings is 2. The average molecular weight is 308 g/mol. The second-order valence-electron chi connectivity index (χ2n) is 5.36. The third-order valence-electron chi connectivity index (χ3n) is 3.36. The van der Waals surface area contributed by atoms with Gasteiger partial charge in [-0.15, -0.1) is 0 Å². The third-order valence-corrected chi connectivity index (χ3v) is 3.36. The van der Waals surface area contributed by atoms with E-state index >= 15 is 0 Å². The molecule has 1 aromatic heterocycles. The molecule has 116 valence electrons. The maximum Gasteiger partial charge on any atom is 0.291 e. The number of furan rings is 1. The molecule has 3 rings (SSSR count). The first-order valence-corrected chi connectivity index (χ1v) is 7.20. The zero-order chi connectivity index (χ0) is 16.4. The average Bonchev–Trinajstić information content (AvgIpc) is 2.92. The minimum absolute atomic E-state index is 0.139. The topological polar surface area (TPSA) is 71.3 Å². The maximum atomic E-state index is 12.3. The summed E-state index contributed by atoms with van der Waals surface area (Å²) in [6, 6.07) is 14.4. The predicted octanol–water partition coefficient (Wildman–Crippen LogP) is 3.95. The Morgan fingerprint density at radius 2 is 1.57 bits per heavy atom. The quantitative estimate of drug-likeness (QED) is 0.769. The second-order valence-corrected chi connectivity index (χ2v) is 5.36. The molecule has 0 unspecified atom stereocenters. The van der Waals surface area contributed by atoms with Gasteiger partial charge in [0.15, 0.2) is 5.76 Å². The van der Waals surface area contributed by atoms with Crippen LogP contribution >= 0.6 is 0 Å². The standard InChI is InChI=1S/C18H16N2O3/c1-11-3-4-13-10-17(23-16(13)9-11)18(22)20-15-7-5-14(6-8-15)19-12(2)21/h3-10H,1-2H3,(H,19,21)(H,20,22). The maximum absolute atomic E-state index is 12.3. The summed E-state index contributed by atoms with van der Waals surface area (Å²) in [5.41, 5.74) is 3.07. The van der Waals surface area contributed by atoms with Crippen molar-refractivity contribution < 1.29 is 14.0 Å². The van der Waals surface area contributed by atoms with Crippen molar-refractivity contribution in [2.45, 2.75) is 13.8 Å². The summed E-state index contributed by atoms with van der Waals surface area (Å²) >= 11 is 0. The molecule has 0 saturated carbocycles. The van der Waals surface area contributed by atoms with E-state index in [2.05, 4.69) is 10.6 Å². The Morgan fingerprint density at radius 1 is 0.913 bits per heavy atom.